The van der Waals surface area contributed by atoms with E-state index in [1.165, 1.54) is 38.4 Å². The fourth-order valence-electron chi connectivity index (χ4n) is 3.20. The van der Waals surface area contributed by atoms with E-state index in [2.05, 4.69) is 30.6 Å². The zero-order chi connectivity index (χ0) is 22.0. The molecule has 1 aromatic carbocycles. The predicted octanol–water partition coefficient (Wildman–Crippen LogP) is -0.388. The molecule has 0 aliphatic carbocycles. The molecule has 3 aromatic rings. The summed E-state index contributed by atoms with van der Waals surface area (Å²) in [5, 5.41) is 16.4. The molecule has 6 N–H and O–H groups in total. The molecule has 0 unspecified atom stereocenters. The van der Waals surface area contributed by atoms with E-state index >= 15 is 0 Å². The number of nitro benzene ring substituents is 1. The molecular weight excluding hydrogens is 398 g/mol. The average molecular weight is 415 g/mol. The first-order valence-electron chi connectivity index (χ1n) is 8.59. The third-order valence-corrected chi connectivity index (χ3v) is 4.47. The summed E-state index contributed by atoms with van der Waals surface area (Å²) >= 11 is 0. The molecule has 3 rings (SSSR count). The molecule has 0 saturated carbocycles. The maximum Gasteiger partial charge on any atom is 0.327 e. The van der Waals surface area contributed by atoms with Gasteiger partial charge >= 0.3 is 11.4 Å². The van der Waals surface area contributed by atoms with Crippen molar-refractivity contribution in [2.24, 2.45) is 0 Å². The Morgan fingerprint density at radius 2 is 1.23 bits per heavy atom. The number of nitrogens with one attached hydrogen (secondary N) is 6. The van der Waals surface area contributed by atoms with Gasteiger partial charge in [0.1, 0.15) is 11.6 Å². The van der Waals surface area contributed by atoms with Crippen molar-refractivity contribution in [3.8, 4) is 0 Å². The molecule has 0 amide bonds. The van der Waals surface area contributed by atoms with Crippen LogP contribution < -0.4 is 33.1 Å². The number of nitro groups is 1. The number of aromatic nitrogens is 4. The highest BCUT2D eigenvalue weighted by Crippen LogP contribution is 2.34. The predicted molar refractivity (Wildman–Crippen MR) is 109 cm³/mol. The summed E-state index contributed by atoms with van der Waals surface area (Å²) in [7, 11) is 2.94. The van der Waals surface area contributed by atoms with Gasteiger partial charge < -0.3 is 10.6 Å². The van der Waals surface area contributed by atoms with Crippen molar-refractivity contribution < 1.29 is 4.92 Å². The first-order valence-corrected chi connectivity index (χ1v) is 8.59. The number of benzene rings is 1. The molecule has 13 nitrogen and oxygen atoms in total. The van der Waals surface area contributed by atoms with Crippen molar-refractivity contribution in [3.05, 3.63) is 92.7 Å². The minimum absolute atomic E-state index is 0.0278. The van der Waals surface area contributed by atoms with E-state index in [0.717, 1.165) is 0 Å². The number of H-pyrrole nitrogens is 4. The minimum atomic E-state index is -1.10. The summed E-state index contributed by atoms with van der Waals surface area (Å²) in [5.41, 5.74) is -2.99. The second-order valence-electron chi connectivity index (χ2n) is 6.18. The van der Waals surface area contributed by atoms with Gasteiger partial charge in [-0.15, -0.1) is 0 Å². The van der Waals surface area contributed by atoms with Crippen LogP contribution in [0.25, 0.3) is 0 Å². The van der Waals surface area contributed by atoms with E-state index in [1.807, 2.05) is 0 Å². The number of aromatic amines is 4. The van der Waals surface area contributed by atoms with Gasteiger partial charge in [0.2, 0.25) is 0 Å². The molecule has 156 valence electrons. The van der Waals surface area contributed by atoms with Crippen LogP contribution in [0.3, 0.4) is 0 Å². The topological polar surface area (TPSA) is 199 Å². The van der Waals surface area contributed by atoms with Crippen LogP contribution in [0, 0.1) is 10.1 Å². The van der Waals surface area contributed by atoms with Crippen LogP contribution in [-0.2, 0) is 0 Å². The molecule has 0 atom stereocenters. The summed E-state index contributed by atoms with van der Waals surface area (Å²) in [6.45, 7) is 0. The maximum atomic E-state index is 12.7. The van der Waals surface area contributed by atoms with Gasteiger partial charge in [-0.3, -0.25) is 39.6 Å². The Bertz CT molecular complexity index is 1260. The number of hydrogen-bond donors (Lipinski definition) is 6. The van der Waals surface area contributed by atoms with Crippen molar-refractivity contribution >= 4 is 17.3 Å². The van der Waals surface area contributed by atoms with Crippen molar-refractivity contribution in [1.82, 2.24) is 19.9 Å². The van der Waals surface area contributed by atoms with Gasteiger partial charge in [0.05, 0.1) is 22.0 Å². The lowest BCUT2D eigenvalue weighted by molar-refractivity contribution is -0.384. The zero-order valence-electron chi connectivity index (χ0n) is 15.8. The lowest BCUT2D eigenvalue weighted by Gasteiger charge is -2.21. The monoisotopic (exact) mass is 415 g/mol. The normalized spacial score (nSPS) is 10.8. The number of non-ortho nitro benzene ring substituents is 1. The van der Waals surface area contributed by atoms with E-state index in [-0.39, 0.29) is 28.5 Å². The van der Waals surface area contributed by atoms with Crippen LogP contribution in [-0.4, -0.2) is 39.0 Å². The molecule has 0 spiro atoms. The Balaban J connectivity index is 2.42. The van der Waals surface area contributed by atoms with E-state index in [4.69, 9.17) is 0 Å². The van der Waals surface area contributed by atoms with Crippen LogP contribution >= 0.6 is 0 Å². The number of hydrogen-bond acceptors (Lipinski definition) is 8. The lowest BCUT2D eigenvalue weighted by Crippen LogP contribution is -2.34. The van der Waals surface area contributed by atoms with Gasteiger partial charge in [0, 0.05) is 26.2 Å². The average Bonchev–Trinajstić information content (AvgIpc) is 2.70. The Morgan fingerprint density at radius 3 is 1.60 bits per heavy atom. The van der Waals surface area contributed by atoms with Gasteiger partial charge in [-0.25, -0.2) is 9.59 Å². The Labute approximate surface area is 166 Å². The molecule has 0 fully saturated rings. The van der Waals surface area contributed by atoms with E-state index in [1.54, 1.807) is 0 Å². The quantitative estimate of drug-likeness (QED) is 0.231. The van der Waals surface area contributed by atoms with Crippen molar-refractivity contribution in [1.29, 1.82) is 0 Å². The van der Waals surface area contributed by atoms with Crippen molar-refractivity contribution in [3.63, 3.8) is 0 Å². The highest BCUT2D eigenvalue weighted by atomic mass is 16.6. The summed E-state index contributed by atoms with van der Waals surface area (Å²) < 4.78 is 0. The van der Waals surface area contributed by atoms with Crippen LogP contribution in [0.4, 0.5) is 17.3 Å². The smallest absolute Gasteiger partial charge is 0.327 e. The van der Waals surface area contributed by atoms with Gasteiger partial charge in [-0.2, -0.15) is 0 Å². The molecule has 13 heteroatoms. The molecule has 0 saturated heterocycles. The Kier molecular flexibility index (Phi) is 5.35. The van der Waals surface area contributed by atoms with E-state index in [0.29, 0.717) is 5.56 Å². The summed E-state index contributed by atoms with van der Waals surface area (Å²) in [4.78, 5) is 68.4. The molecular formula is C17H17N7O6. The fraction of sp³-hybridized carbons (Fsp3) is 0.176. The summed E-state index contributed by atoms with van der Waals surface area (Å²) in [6, 6.07) is 5.22. The van der Waals surface area contributed by atoms with Gasteiger partial charge in [-0.05, 0) is 5.56 Å². The SMILES string of the molecule is CNc1[nH]c(=O)[nH]c(=O)c1C(c1ccc([N+](=O)[O-])cc1)c1c(NC)[nH]c(=O)[nH]c1=O. The van der Waals surface area contributed by atoms with Gasteiger partial charge in [-0.1, -0.05) is 12.1 Å². The number of anilines is 2. The summed E-state index contributed by atoms with van der Waals surface area (Å²) in [5.74, 6) is -1.02. The largest absolute Gasteiger partial charge is 0.374 e. The van der Waals surface area contributed by atoms with Crippen molar-refractivity contribution in [2.45, 2.75) is 5.92 Å². The zero-order valence-corrected chi connectivity index (χ0v) is 15.8. The standard InChI is InChI=1S/C17H17N7O6/c1-18-12-10(14(25)22-16(27)20-12)9(7-3-5-8(6-4-7)24(29)30)11-13(19-2)21-17(28)23-15(11)26/h3-6,9H,1-2H3,(H3,18,20,22,25,27)(H3,19,21,23,26,28). The van der Waals surface area contributed by atoms with Crippen LogP contribution in [0.5, 0.6) is 0 Å². The van der Waals surface area contributed by atoms with E-state index in [9.17, 15) is 29.3 Å². The number of rotatable bonds is 6. The molecule has 0 aliphatic heterocycles. The first-order chi connectivity index (χ1) is 14.3. The number of nitrogens with zero attached hydrogens (tertiary/aromatic N) is 1. The second-order valence-corrected chi connectivity index (χ2v) is 6.18. The first kappa shape index (κ1) is 20.3. The third-order valence-electron chi connectivity index (χ3n) is 4.47. The Hall–Kier alpha value is -4.42. The Morgan fingerprint density at radius 1 is 0.800 bits per heavy atom. The maximum absolute atomic E-state index is 12.7. The van der Waals surface area contributed by atoms with Crippen molar-refractivity contribution in [2.75, 3.05) is 24.7 Å². The van der Waals surface area contributed by atoms with Gasteiger partial charge in [0.15, 0.2) is 0 Å². The summed E-state index contributed by atoms with van der Waals surface area (Å²) in [6.07, 6.45) is 0. The molecule has 2 heterocycles. The minimum Gasteiger partial charge on any atom is -0.374 e. The molecule has 0 aliphatic rings. The fourth-order valence-corrected chi connectivity index (χ4v) is 3.20. The van der Waals surface area contributed by atoms with Crippen LogP contribution in [0.1, 0.15) is 22.6 Å². The third kappa shape index (κ3) is 3.63. The molecule has 30 heavy (non-hydrogen) atoms. The second kappa shape index (κ2) is 7.90. The highest BCUT2D eigenvalue weighted by Gasteiger charge is 2.29. The van der Waals surface area contributed by atoms with Gasteiger partial charge in [0.25, 0.3) is 16.8 Å². The molecule has 2 aromatic heterocycles. The van der Waals surface area contributed by atoms with E-state index < -0.39 is 33.3 Å². The van der Waals surface area contributed by atoms with Crippen LogP contribution in [0.2, 0.25) is 0 Å². The highest BCUT2D eigenvalue weighted by molar-refractivity contribution is 5.58. The molecule has 0 radical (unpaired) electrons. The van der Waals surface area contributed by atoms with Crippen LogP contribution in [0.15, 0.2) is 43.4 Å². The lowest BCUT2D eigenvalue weighted by atomic mass is 9.86. The molecule has 0 bridgehead atoms.